The third-order valence-corrected chi connectivity index (χ3v) is 3.85. The van der Waals surface area contributed by atoms with E-state index >= 15 is 0 Å². The molecule has 0 unspecified atom stereocenters. The Balaban J connectivity index is 1.99. The summed E-state index contributed by atoms with van der Waals surface area (Å²) < 4.78 is 0. The summed E-state index contributed by atoms with van der Waals surface area (Å²) in [6.07, 6.45) is 0.833. The average Bonchev–Trinajstić information content (AvgIpc) is 2.89. The Hall–Kier alpha value is -2.80. The molecule has 4 heteroatoms. The molecule has 4 nitrogen and oxygen atoms in total. The van der Waals surface area contributed by atoms with Crippen molar-refractivity contribution in [3.8, 4) is 6.07 Å². The van der Waals surface area contributed by atoms with Gasteiger partial charge in [0.1, 0.15) is 0 Å². The zero-order valence-corrected chi connectivity index (χ0v) is 11.8. The molecule has 1 amide bonds. The van der Waals surface area contributed by atoms with Gasteiger partial charge < -0.3 is 10.6 Å². The molecule has 0 spiro atoms. The van der Waals surface area contributed by atoms with Crippen molar-refractivity contribution in [2.45, 2.75) is 13.3 Å². The minimum atomic E-state index is -0.0888. The lowest BCUT2D eigenvalue weighted by Gasteiger charge is -2.18. The van der Waals surface area contributed by atoms with Crippen molar-refractivity contribution in [2.24, 2.45) is 0 Å². The van der Waals surface area contributed by atoms with Crippen LogP contribution in [0.1, 0.15) is 27.0 Å². The normalized spacial score (nSPS) is 12.9. The maximum Gasteiger partial charge on any atom is 0.258 e. The molecule has 2 aromatic carbocycles. The van der Waals surface area contributed by atoms with Gasteiger partial charge in [0.25, 0.3) is 5.91 Å². The van der Waals surface area contributed by atoms with Crippen LogP contribution in [0.3, 0.4) is 0 Å². The van der Waals surface area contributed by atoms with Crippen LogP contribution in [0.5, 0.6) is 0 Å². The molecule has 0 aromatic heterocycles. The number of nitrogens with two attached hydrogens (primary N) is 1. The third kappa shape index (κ3) is 2.23. The van der Waals surface area contributed by atoms with E-state index in [9.17, 15) is 4.79 Å². The van der Waals surface area contributed by atoms with Crippen LogP contribution in [0, 0.1) is 18.3 Å². The second-order valence-corrected chi connectivity index (χ2v) is 5.24. The molecule has 21 heavy (non-hydrogen) atoms. The van der Waals surface area contributed by atoms with Crippen LogP contribution in [0.25, 0.3) is 0 Å². The zero-order chi connectivity index (χ0) is 15.0. The molecule has 0 bridgehead atoms. The van der Waals surface area contributed by atoms with Gasteiger partial charge >= 0.3 is 0 Å². The van der Waals surface area contributed by atoms with Crippen LogP contribution < -0.4 is 10.6 Å². The van der Waals surface area contributed by atoms with Gasteiger partial charge in [-0.05, 0) is 48.7 Å². The average molecular weight is 277 g/mol. The number of nitriles is 1. The molecule has 1 aliphatic heterocycles. The summed E-state index contributed by atoms with van der Waals surface area (Å²) in [5.74, 6) is -0.0888. The highest BCUT2D eigenvalue weighted by atomic mass is 16.2. The van der Waals surface area contributed by atoms with Crippen LogP contribution in [0.4, 0.5) is 11.4 Å². The summed E-state index contributed by atoms with van der Waals surface area (Å²) in [7, 11) is 0. The maximum atomic E-state index is 12.6. The lowest BCUT2D eigenvalue weighted by Crippen LogP contribution is -2.29. The summed E-state index contributed by atoms with van der Waals surface area (Å²) >= 11 is 0. The molecule has 0 saturated heterocycles. The number of anilines is 2. The van der Waals surface area contributed by atoms with Crippen molar-refractivity contribution in [1.29, 1.82) is 5.26 Å². The molecule has 0 radical (unpaired) electrons. The van der Waals surface area contributed by atoms with Gasteiger partial charge in [0.05, 0.1) is 11.6 Å². The Kier molecular flexibility index (Phi) is 3.11. The summed E-state index contributed by atoms with van der Waals surface area (Å²) in [6.45, 7) is 2.62. The molecule has 104 valence electrons. The van der Waals surface area contributed by atoms with E-state index in [-0.39, 0.29) is 5.91 Å². The summed E-state index contributed by atoms with van der Waals surface area (Å²) in [5, 5.41) is 8.94. The number of amides is 1. The van der Waals surface area contributed by atoms with Gasteiger partial charge in [-0.25, -0.2) is 0 Å². The van der Waals surface area contributed by atoms with Gasteiger partial charge in [-0.2, -0.15) is 5.26 Å². The van der Waals surface area contributed by atoms with Gasteiger partial charge in [-0.15, -0.1) is 0 Å². The Bertz CT molecular complexity index is 774. The first-order valence-corrected chi connectivity index (χ1v) is 6.81. The van der Waals surface area contributed by atoms with Crippen molar-refractivity contribution in [3.05, 3.63) is 58.7 Å². The highest BCUT2D eigenvalue weighted by Gasteiger charge is 2.26. The topological polar surface area (TPSA) is 70.1 Å². The molecule has 2 N–H and O–H groups in total. The Morgan fingerprint density at radius 3 is 2.90 bits per heavy atom. The largest absolute Gasteiger partial charge is 0.398 e. The van der Waals surface area contributed by atoms with Crippen LogP contribution in [-0.2, 0) is 6.42 Å². The number of aryl methyl sites for hydroxylation is 1. The SMILES string of the molecule is Cc1cc2c(cc1N)N(C(=O)c1cccc(C#N)c1)CC2. The van der Waals surface area contributed by atoms with Crippen molar-refractivity contribution >= 4 is 17.3 Å². The fraction of sp³-hybridized carbons (Fsp3) is 0.176. The quantitative estimate of drug-likeness (QED) is 0.815. The summed E-state index contributed by atoms with van der Waals surface area (Å²) in [4.78, 5) is 14.4. The Morgan fingerprint density at radius 2 is 2.14 bits per heavy atom. The van der Waals surface area contributed by atoms with Crippen molar-refractivity contribution < 1.29 is 4.79 Å². The van der Waals surface area contributed by atoms with Crippen molar-refractivity contribution in [2.75, 3.05) is 17.2 Å². The zero-order valence-electron chi connectivity index (χ0n) is 11.8. The molecule has 2 aromatic rings. The number of fused-ring (bicyclic) bond motifs is 1. The lowest BCUT2D eigenvalue weighted by molar-refractivity contribution is 0.0989. The van der Waals surface area contributed by atoms with Gasteiger partial charge in [-0.3, -0.25) is 4.79 Å². The number of rotatable bonds is 1. The molecular formula is C17H15N3O. The lowest BCUT2D eigenvalue weighted by atomic mass is 10.1. The Morgan fingerprint density at radius 1 is 1.33 bits per heavy atom. The van der Waals surface area contributed by atoms with Gasteiger partial charge in [0.2, 0.25) is 0 Å². The van der Waals surface area contributed by atoms with Gasteiger partial charge in [0, 0.05) is 23.5 Å². The van der Waals surface area contributed by atoms with Crippen LogP contribution in [0.15, 0.2) is 36.4 Å². The Labute approximate surface area is 123 Å². The highest BCUT2D eigenvalue weighted by Crippen LogP contribution is 2.33. The maximum absolute atomic E-state index is 12.6. The van der Waals surface area contributed by atoms with E-state index in [2.05, 4.69) is 6.07 Å². The minimum absolute atomic E-state index is 0.0888. The number of benzene rings is 2. The standard InChI is InChI=1S/C17H15N3O/c1-11-7-13-5-6-20(16(13)9-15(11)19)17(21)14-4-2-3-12(8-14)10-18/h2-4,7-9H,5-6,19H2,1H3. The molecule has 0 fully saturated rings. The molecule has 1 aliphatic rings. The van der Waals surface area contributed by atoms with Crippen molar-refractivity contribution in [3.63, 3.8) is 0 Å². The summed E-state index contributed by atoms with van der Waals surface area (Å²) in [6, 6.07) is 12.7. The predicted octanol–water partition coefficient (Wildman–Crippen LogP) is 2.65. The highest BCUT2D eigenvalue weighted by molar-refractivity contribution is 6.07. The molecule has 0 aliphatic carbocycles. The number of carbonyl (C=O) groups excluding carboxylic acids is 1. The fourth-order valence-corrected chi connectivity index (χ4v) is 2.67. The molecule has 0 atom stereocenters. The van der Waals surface area contributed by atoms with E-state index in [1.54, 1.807) is 29.2 Å². The number of hydrogen-bond donors (Lipinski definition) is 1. The van der Waals surface area contributed by atoms with E-state index in [0.29, 0.717) is 23.4 Å². The van der Waals surface area contributed by atoms with Gasteiger partial charge in [-0.1, -0.05) is 12.1 Å². The summed E-state index contributed by atoms with van der Waals surface area (Å²) in [5.41, 5.74) is 10.7. The number of nitrogens with zero attached hydrogens (tertiary/aromatic N) is 2. The van der Waals surface area contributed by atoms with Crippen molar-refractivity contribution in [1.82, 2.24) is 0 Å². The number of nitrogen functional groups attached to an aromatic ring is 1. The third-order valence-electron chi connectivity index (χ3n) is 3.85. The first kappa shape index (κ1) is 13.2. The van der Waals surface area contributed by atoms with E-state index in [1.165, 1.54) is 0 Å². The monoisotopic (exact) mass is 277 g/mol. The molecule has 1 heterocycles. The predicted molar refractivity (Wildman–Crippen MR) is 82.1 cm³/mol. The smallest absolute Gasteiger partial charge is 0.258 e. The number of hydrogen-bond acceptors (Lipinski definition) is 3. The van der Waals surface area contributed by atoms with Crippen LogP contribution in [-0.4, -0.2) is 12.5 Å². The van der Waals surface area contributed by atoms with E-state index in [1.807, 2.05) is 19.1 Å². The fourth-order valence-electron chi connectivity index (χ4n) is 2.67. The second kappa shape index (κ2) is 4.95. The second-order valence-electron chi connectivity index (χ2n) is 5.24. The van der Waals surface area contributed by atoms with E-state index < -0.39 is 0 Å². The first-order chi connectivity index (χ1) is 10.1. The van der Waals surface area contributed by atoms with Crippen LogP contribution >= 0.6 is 0 Å². The molecule has 3 rings (SSSR count). The number of carbonyl (C=O) groups is 1. The minimum Gasteiger partial charge on any atom is -0.398 e. The van der Waals surface area contributed by atoms with Crippen LogP contribution in [0.2, 0.25) is 0 Å². The molecule has 0 saturated carbocycles. The molecular weight excluding hydrogens is 262 g/mol. The van der Waals surface area contributed by atoms with Gasteiger partial charge in [0.15, 0.2) is 0 Å². The van der Waals surface area contributed by atoms with E-state index in [4.69, 9.17) is 11.0 Å². The first-order valence-electron chi connectivity index (χ1n) is 6.81. The van der Waals surface area contributed by atoms with E-state index in [0.717, 1.165) is 23.2 Å².